The van der Waals surface area contributed by atoms with Gasteiger partial charge in [-0.25, -0.2) is 4.68 Å². The Morgan fingerprint density at radius 3 is 2.62 bits per heavy atom. The molecule has 3 aromatic rings. The molecule has 1 aromatic heterocycles. The fourth-order valence-corrected chi connectivity index (χ4v) is 3.19. The van der Waals surface area contributed by atoms with E-state index in [0.29, 0.717) is 10.7 Å². The number of nitrogen functional groups attached to an aromatic ring is 1. The number of benzene rings is 2. The van der Waals surface area contributed by atoms with Crippen LogP contribution in [0.2, 0.25) is 5.02 Å². The zero-order valence-electron chi connectivity index (χ0n) is 11.2. The Balaban J connectivity index is 1.68. The van der Waals surface area contributed by atoms with E-state index in [1.165, 1.54) is 5.56 Å². The SMILES string of the molecule is Nc1ccc(SCc2ccc(-n3cccn3)cc2)c(Cl)c1. The number of rotatable bonds is 4. The molecule has 0 bridgehead atoms. The highest BCUT2D eigenvalue weighted by Crippen LogP contribution is 2.31. The number of nitrogens with zero attached hydrogens (tertiary/aromatic N) is 2. The van der Waals surface area contributed by atoms with Gasteiger partial charge in [-0.3, -0.25) is 0 Å². The normalized spacial score (nSPS) is 10.7. The molecule has 2 N–H and O–H groups in total. The Labute approximate surface area is 132 Å². The fourth-order valence-electron chi connectivity index (χ4n) is 1.96. The summed E-state index contributed by atoms with van der Waals surface area (Å²) in [6, 6.07) is 15.9. The van der Waals surface area contributed by atoms with E-state index in [2.05, 4.69) is 29.4 Å². The van der Waals surface area contributed by atoms with Crippen molar-refractivity contribution in [2.24, 2.45) is 0 Å². The Kier molecular flexibility index (Phi) is 4.18. The third kappa shape index (κ3) is 3.40. The highest BCUT2D eigenvalue weighted by atomic mass is 35.5. The van der Waals surface area contributed by atoms with Gasteiger partial charge in [0, 0.05) is 28.7 Å². The van der Waals surface area contributed by atoms with E-state index < -0.39 is 0 Å². The monoisotopic (exact) mass is 315 g/mol. The molecule has 0 atom stereocenters. The average Bonchev–Trinajstić information content (AvgIpc) is 3.01. The van der Waals surface area contributed by atoms with E-state index in [1.807, 2.05) is 29.1 Å². The minimum absolute atomic E-state index is 0.688. The van der Waals surface area contributed by atoms with Crippen molar-refractivity contribution in [1.29, 1.82) is 0 Å². The molecule has 0 aliphatic rings. The average molecular weight is 316 g/mol. The zero-order chi connectivity index (χ0) is 14.7. The van der Waals surface area contributed by atoms with E-state index in [9.17, 15) is 0 Å². The molecule has 106 valence electrons. The quantitative estimate of drug-likeness (QED) is 0.573. The smallest absolute Gasteiger partial charge is 0.0645 e. The lowest BCUT2D eigenvalue weighted by Crippen LogP contribution is -1.94. The lowest BCUT2D eigenvalue weighted by atomic mass is 10.2. The maximum absolute atomic E-state index is 6.18. The molecular weight excluding hydrogens is 302 g/mol. The molecule has 0 saturated carbocycles. The number of aromatic nitrogens is 2. The minimum Gasteiger partial charge on any atom is -0.399 e. The fraction of sp³-hybridized carbons (Fsp3) is 0.0625. The third-order valence-corrected chi connectivity index (χ3v) is 4.62. The molecular formula is C16H14ClN3S. The second-order valence-electron chi connectivity index (χ2n) is 4.60. The number of nitrogens with two attached hydrogens (primary N) is 1. The topological polar surface area (TPSA) is 43.8 Å². The second-order valence-corrected chi connectivity index (χ2v) is 6.02. The first-order valence-electron chi connectivity index (χ1n) is 6.49. The van der Waals surface area contributed by atoms with Crippen molar-refractivity contribution < 1.29 is 0 Å². The van der Waals surface area contributed by atoms with Crippen LogP contribution < -0.4 is 5.73 Å². The molecule has 0 radical (unpaired) electrons. The van der Waals surface area contributed by atoms with Crippen LogP contribution in [0.4, 0.5) is 5.69 Å². The van der Waals surface area contributed by atoms with E-state index in [-0.39, 0.29) is 0 Å². The molecule has 3 rings (SSSR count). The summed E-state index contributed by atoms with van der Waals surface area (Å²) in [5.74, 6) is 0.864. The lowest BCUT2D eigenvalue weighted by molar-refractivity contribution is 0.880. The molecule has 5 heteroatoms. The number of thioether (sulfide) groups is 1. The molecule has 0 fully saturated rings. The predicted octanol–water partition coefficient (Wildman–Crippen LogP) is 4.40. The summed E-state index contributed by atoms with van der Waals surface area (Å²) in [6.45, 7) is 0. The molecule has 2 aromatic carbocycles. The van der Waals surface area contributed by atoms with Gasteiger partial charge in [0.2, 0.25) is 0 Å². The van der Waals surface area contributed by atoms with Gasteiger partial charge in [-0.1, -0.05) is 23.7 Å². The number of hydrogen-bond donors (Lipinski definition) is 1. The Hall–Kier alpha value is -1.91. The Bertz CT molecular complexity index is 724. The summed E-state index contributed by atoms with van der Waals surface area (Å²) in [7, 11) is 0. The standard InChI is InChI=1S/C16H14ClN3S/c17-15-10-13(18)4-7-16(15)21-11-12-2-5-14(6-3-12)20-9-1-8-19-20/h1-10H,11,18H2. The maximum atomic E-state index is 6.18. The summed E-state index contributed by atoms with van der Waals surface area (Å²) >= 11 is 7.88. The van der Waals surface area contributed by atoms with Crippen molar-refractivity contribution >= 4 is 29.1 Å². The van der Waals surface area contributed by atoms with Gasteiger partial charge in [0.1, 0.15) is 0 Å². The summed E-state index contributed by atoms with van der Waals surface area (Å²) in [5, 5.41) is 4.91. The van der Waals surface area contributed by atoms with Crippen molar-refractivity contribution in [3.05, 3.63) is 71.5 Å². The van der Waals surface area contributed by atoms with Gasteiger partial charge < -0.3 is 5.73 Å². The zero-order valence-corrected chi connectivity index (χ0v) is 12.8. The second kappa shape index (κ2) is 6.24. The molecule has 21 heavy (non-hydrogen) atoms. The van der Waals surface area contributed by atoms with E-state index >= 15 is 0 Å². The van der Waals surface area contributed by atoms with Gasteiger partial charge in [0.05, 0.1) is 10.7 Å². The number of hydrogen-bond acceptors (Lipinski definition) is 3. The highest BCUT2D eigenvalue weighted by Gasteiger charge is 2.03. The van der Waals surface area contributed by atoms with Crippen molar-refractivity contribution in [2.75, 3.05) is 5.73 Å². The van der Waals surface area contributed by atoms with Crippen molar-refractivity contribution in [2.45, 2.75) is 10.6 Å². The van der Waals surface area contributed by atoms with Crippen molar-refractivity contribution in [1.82, 2.24) is 9.78 Å². The van der Waals surface area contributed by atoms with Gasteiger partial charge in [-0.2, -0.15) is 5.10 Å². The van der Waals surface area contributed by atoms with Crippen molar-refractivity contribution in [3.63, 3.8) is 0 Å². The molecule has 0 aliphatic carbocycles. The first-order valence-corrected chi connectivity index (χ1v) is 7.85. The first kappa shape index (κ1) is 14.0. The molecule has 0 saturated heterocycles. The summed E-state index contributed by atoms with van der Waals surface area (Å²) < 4.78 is 1.84. The molecule has 3 nitrogen and oxygen atoms in total. The van der Waals surface area contributed by atoms with Crippen LogP contribution in [0.3, 0.4) is 0 Å². The van der Waals surface area contributed by atoms with Gasteiger partial charge in [-0.05, 0) is 42.0 Å². The van der Waals surface area contributed by atoms with Crippen LogP contribution in [0.1, 0.15) is 5.56 Å². The van der Waals surface area contributed by atoms with Gasteiger partial charge in [0.15, 0.2) is 0 Å². The lowest BCUT2D eigenvalue weighted by Gasteiger charge is -2.06. The highest BCUT2D eigenvalue weighted by molar-refractivity contribution is 7.98. The van der Waals surface area contributed by atoms with Crippen LogP contribution >= 0.6 is 23.4 Å². The maximum Gasteiger partial charge on any atom is 0.0645 e. The number of halogens is 1. The summed E-state index contributed by atoms with van der Waals surface area (Å²) in [6.07, 6.45) is 3.70. The van der Waals surface area contributed by atoms with Crippen LogP contribution in [0, 0.1) is 0 Å². The first-order chi connectivity index (χ1) is 10.2. The predicted molar refractivity (Wildman–Crippen MR) is 89.0 cm³/mol. The van der Waals surface area contributed by atoms with Crippen LogP contribution in [-0.2, 0) is 5.75 Å². The van der Waals surface area contributed by atoms with Crippen LogP contribution in [0.15, 0.2) is 65.8 Å². The Morgan fingerprint density at radius 1 is 1.14 bits per heavy atom. The van der Waals surface area contributed by atoms with Crippen molar-refractivity contribution in [3.8, 4) is 5.69 Å². The molecule has 0 aliphatic heterocycles. The van der Waals surface area contributed by atoms with Crippen LogP contribution in [-0.4, -0.2) is 9.78 Å². The van der Waals surface area contributed by atoms with Gasteiger partial charge >= 0.3 is 0 Å². The molecule has 0 amide bonds. The molecule has 1 heterocycles. The third-order valence-electron chi connectivity index (χ3n) is 3.06. The molecule has 0 unspecified atom stereocenters. The minimum atomic E-state index is 0.688. The van der Waals surface area contributed by atoms with Gasteiger partial charge in [-0.15, -0.1) is 11.8 Å². The van der Waals surface area contributed by atoms with E-state index in [0.717, 1.165) is 16.3 Å². The largest absolute Gasteiger partial charge is 0.399 e. The molecule has 0 spiro atoms. The van der Waals surface area contributed by atoms with Crippen LogP contribution in [0.25, 0.3) is 5.69 Å². The van der Waals surface area contributed by atoms with Gasteiger partial charge in [0.25, 0.3) is 0 Å². The Morgan fingerprint density at radius 2 is 1.95 bits per heavy atom. The summed E-state index contributed by atoms with van der Waals surface area (Å²) in [4.78, 5) is 1.04. The summed E-state index contributed by atoms with van der Waals surface area (Å²) in [5.41, 5.74) is 8.68. The van der Waals surface area contributed by atoms with E-state index in [1.54, 1.807) is 24.0 Å². The van der Waals surface area contributed by atoms with Crippen LogP contribution in [0.5, 0.6) is 0 Å². The van der Waals surface area contributed by atoms with E-state index in [4.69, 9.17) is 17.3 Å². The number of anilines is 1.